The lowest BCUT2D eigenvalue weighted by atomic mass is 9.83. The van der Waals surface area contributed by atoms with Crippen molar-refractivity contribution in [3.63, 3.8) is 0 Å². The third-order valence-electron chi connectivity index (χ3n) is 4.71. The van der Waals surface area contributed by atoms with Gasteiger partial charge in [-0.15, -0.1) is 11.3 Å². The molecule has 3 heteroatoms. The first kappa shape index (κ1) is 14.5. The summed E-state index contributed by atoms with van der Waals surface area (Å²) in [5, 5.41) is 5.02. The summed E-state index contributed by atoms with van der Waals surface area (Å²) in [5.41, 5.74) is 1.45. The first-order valence-corrected chi connectivity index (χ1v) is 9.29. The van der Waals surface area contributed by atoms with E-state index in [0.29, 0.717) is 0 Å². The summed E-state index contributed by atoms with van der Waals surface area (Å²) in [4.78, 5) is 6.62. The van der Waals surface area contributed by atoms with Crippen LogP contribution in [0.3, 0.4) is 0 Å². The largest absolute Gasteiger partial charge is 0.312 e. The van der Waals surface area contributed by atoms with Crippen LogP contribution in [0.15, 0.2) is 0 Å². The first-order valence-electron chi connectivity index (χ1n) is 8.48. The van der Waals surface area contributed by atoms with Gasteiger partial charge in [0, 0.05) is 23.3 Å². The lowest BCUT2D eigenvalue weighted by Gasteiger charge is -2.24. The van der Waals surface area contributed by atoms with Crippen LogP contribution >= 0.6 is 11.3 Å². The van der Waals surface area contributed by atoms with Crippen molar-refractivity contribution in [2.24, 2.45) is 5.92 Å². The van der Waals surface area contributed by atoms with Gasteiger partial charge in [0.15, 0.2) is 0 Å². The van der Waals surface area contributed by atoms with Gasteiger partial charge < -0.3 is 5.32 Å². The monoisotopic (exact) mass is 292 g/mol. The minimum atomic E-state index is 0.751. The summed E-state index contributed by atoms with van der Waals surface area (Å²) in [6, 6.07) is 0. The van der Waals surface area contributed by atoms with E-state index < -0.39 is 0 Å². The van der Waals surface area contributed by atoms with Crippen LogP contribution in [0.4, 0.5) is 0 Å². The van der Waals surface area contributed by atoms with Gasteiger partial charge in [0.25, 0.3) is 0 Å². The van der Waals surface area contributed by atoms with Gasteiger partial charge in [0.05, 0.1) is 10.7 Å². The van der Waals surface area contributed by atoms with Crippen molar-refractivity contribution >= 4 is 11.3 Å². The Kier molecular flexibility index (Phi) is 4.77. The van der Waals surface area contributed by atoms with Gasteiger partial charge in [-0.05, 0) is 44.6 Å². The maximum Gasteiger partial charge on any atom is 0.0962 e. The summed E-state index contributed by atoms with van der Waals surface area (Å²) >= 11 is 2.01. The minimum Gasteiger partial charge on any atom is -0.312 e. The molecule has 1 N–H and O–H groups in total. The van der Waals surface area contributed by atoms with E-state index >= 15 is 0 Å². The summed E-state index contributed by atoms with van der Waals surface area (Å²) < 4.78 is 0. The van der Waals surface area contributed by atoms with Crippen LogP contribution in [0.25, 0.3) is 0 Å². The molecule has 0 aliphatic heterocycles. The van der Waals surface area contributed by atoms with E-state index in [4.69, 9.17) is 4.98 Å². The molecule has 2 nitrogen and oxygen atoms in total. The van der Waals surface area contributed by atoms with Gasteiger partial charge in [-0.25, -0.2) is 4.98 Å². The zero-order valence-corrected chi connectivity index (χ0v) is 13.8. The maximum atomic E-state index is 5.09. The molecule has 0 amide bonds. The molecule has 1 heterocycles. The highest BCUT2D eigenvalue weighted by Gasteiger charge is 2.31. The molecule has 0 spiro atoms. The van der Waals surface area contributed by atoms with Crippen molar-refractivity contribution in [3.05, 3.63) is 15.6 Å². The summed E-state index contributed by atoms with van der Waals surface area (Å²) in [6.45, 7) is 6.80. The SMILES string of the molecule is CCCNCc1sc(C2CCCC(C)C2)nc1C1CC1. The number of rotatable bonds is 6. The van der Waals surface area contributed by atoms with Crippen molar-refractivity contribution in [1.82, 2.24) is 10.3 Å². The van der Waals surface area contributed by atoms with E-state index in [-0.39, 0.29) is 0 Å². The first-order chi connectivity index (χ1) is 9.78. The fourth-order valence-electron chi connectivity index (χ4n) is 3.40. The van der Waals surface area contributed by atoms with Crippen molar-refractivity contribution in [2.45, 2.75) is 77.2 Å². The van der Waals surface area contributed by atoms with Crippen molar-refractivity contribution < 1.29 is 0 Å². The number of hydrogen-bond donors (Lipinski definition) is 1. The normalized spacial score (nSPS) is 26.9. The van der Waals surface area contributed by atoms with Gasteiger partial charge in [0.1, 0.15) is 0 Å². The molecule has 2 saturated carbocycles. The molecule has 0 saturated heterocycles. The molecule has 2 aliphatic rings. The van der Waals surface area contributed by atoms with E-state index in [1.165, 1.54) is 60.5 Å². The Hall–Kier alpha value is -0.410. The topological polar surface area (TPSA) is 24.9 Å². The molecular weight excluding hydrogens is 264 g/mol. The summed E-state index contributed by atoms with van der Waals surface area (Å²) in [7, 11) is 0. The molecule has 2 aliphatic carbocycles. The van der Waals surface area contributed by atoms with Crippen molar-refractivity contribution in [1.29, 1.82) is 0 Å². The van der Waals surface area contributed by atoms with Crippen molar-refractivity contribution in [3.8, 4) is 0 Å². The average molecular weight is 292 g/mol. The summed E-state index contributed by atoms with van der Waals surface area (Å²) in [5.74, 6) is 2.43. The van der Waals surface area contributed by atoms with Crippen LogP contribution < -0.4 is 5.32 Å². The third kappa shape index (κ3) is 3.43. The molecular formula is C17H28N2S. The molecule has 0 radical (unpaired) electrons. The van der Waals surface area contributed by atoms with Crippen LogP contribution in [0.2, 0.25) is 0 Å². The quantitative estimate of drug-likeness (QED) is 0.761. The molecule has 1 aromatic heterocycles. The third-order valence-corrected chi connectivity index (χ3v) is 5.94. The van der Waals surface area contributed by atoms with Crippen LogP contribution in [0.5, 0.6) is 0 Å². The van der Waals surface area contributed by atoms with Crippen LogP contribution in [-0.2, 0) is 6.54 Å². The fraction of sp³-hybridized carbons (Fsp3) is 0.824. The van der Waals surface area contributed by atoms with Gasteiger partial charge >= 0.3 is 0 Å². The Balaban J connectivity index is 1.72. The predicted octanol–water partition coefficient (Wildman–Crippen LogP) is 4.81. The molecule has 3 rings (SSSR count). The smallest absolute Gasteiger partial charge is 0.0962 e. The predicted molar refractivity (Wildman–Crippen MR) is 86.5 cm³/mol. The molecule has 112 valence electrons. The van der Waals surface area contributed by atoms with Gasteiger partial charge in [0.2, 0.25) is 0 Å². The fourth-order valence-corrected chi connectivity index (χ4v) is 4.66. The molecule has 0 bridgehead atoms. The van der Waals surface area contributed by atoms with E-state index in [1.54, 1.807) is 0 Å². The van der Waals surface area contributed by atoms with Crippen LogP contribution in [0, 0.1) is 5.92 Å². The van der Waals surface area contributed by atoms with E-state index in [0.717, 1.165) is 30.8 Å². The minimum absolute atomic E-state index is 0.751. The Morgan fingerprint density at radius 1 is 1.20 bits per heavy atom. The second kappa shape index (κ2) is 6.57. The van der Waals surface area contributed by atoms with Gasteiger partial charge in [-0.3, -0.25) is 0 Å². The number of nitrogens with one attached hydrogen (secondary N) is 1. The van der Waals surface area contributed by atoms with E-state index in [1.807, 2.05) is 11.3 Å². The highest BCUT2D eigenvalue weighted by molar-refractivity contribution is 7.11. The molecule has 0 aromatic carbocycles. The van der Waals surface area contributed by atoms with Crippen molar-refractivity contribution in [2.75, 3.05) is 6.54 Å². The average Bonchev–Trinajstić information content (AvgIpc) is 3.20. The number of nitrogens with zero attached hydrogens (tertiary/aromatic N) is 1. The van der Waals surface area contributed by atoms with Gasteiger partial charge in [-0.1, -0.05) is 26.7 Å². The van der Waals surface area contributed by atoms with Gasteiger partial charge in [-0.2, -0.15) is 0 Å². The lowest BCUT2D eigenvalue weighted by Crippen LogP contribution is -2.13. The van der Waals surface area contributed by atoms with Crippen LogP contribution in [-0.4, -0.2) is 11.5 Å². The second-order valence-electron chi connectivity index (χ2n) is 6.78. The Morgan fingerprint density at radius 3 is 2.75 bits per heavy atom. The number of hydrogen-bond acceptors (Lipinski definition) is 3. The van der Waals surface area contributed by atoms with Crippen LogP contribution in [0.1, 0.15) is 86.2 Å². The number of aromatic nitrogens is 1. The Morgan fingerprint density at radius 2 is 2.05 bits per heavy atom. The number of thiazole rings is 1. The Labute approximate surface area is 127 Å². The highest BCUT2D eigenvalue weighted by Crippen LogP contribution is 2.45. The summed E-state index contributed by atoms with van der Waals surface area (Å²) in [6.07, 6.45) is 9.49. The molecule has 2 atom stereocenters. The molecule has 20 heavy (non-hydrogen) atoms. The maximum absolute atomic E-state index is 5.09. The lowest BCUT2D eigenvalue weighted by molar-refractivity contribution is 0.343. The second-order valence-corrected chi connectivity index (χ2v) is 7.90. The molecule has 1 aromatic rings. The van der Waals surface area contributed by atoms with E-state index in [9.17, 15) is 0 Å². The molecule has 2 unspecified atom stereocenters. The van der Waals surface area contributed by atoms with E-state index in [2.05, 4.69) is 19.2 Å². The zero-order valence-electron chi connectivity index (χ0n) is 13.0. The Bertz CT molecular complexity index is 436. The standard InChI is InChI=1S/C17H28N2S/c1-3-9-18-11-15-16(13-7-8-13)19-17(20-15)14-6-4-5-12(2)10-14/h12-14,18H,3-11H2,1-2H3. The zero-order chi connectivity index (χ0) is 13.9. The molecule has 2 fully saturated rings. The highest BCUT2D eigenvalue weighted by atomic mass is 32.1.